The van der Waals surface area contributed by atoms with Crippen LogP contribution in [0.5, 0.6) is 0 Å². The second-order valence-corrected chi connectivity index (χ2v) is 5.12. The summed E-state index contributed by atoms with van der Waals surface area (Å²) >= 11 is 0. The van der Waals surface area contributed by atoms with Crippen LogP contribution in [0.25, 0.3) is 10.9 Å². The van der Waals surface area contributed by atoms with Gasteiger partial charge in [0.2, 0.25) is 0 Å². The van der Waals surface area contributed by atoms with Gasteiger partial charge in [-0.1, -0.05) is 11.6 Å². The molecule has 0 spiro atoms. The highest BCUT2D eigenvalue weighted by Crippen LogP contribution is 2.18. The Bertz CT molecular complexity index is 587. The van der Waals surface area contributed by atoms with E-state index in [4.69, 9.17) is 5.11 Å². The maximum absolute atomic E-state index is 12.1. The molecule has 18 heavy (non-hydrogen) atoms. The van der Waals surface area contributed by atoms with Gasteiger partial charge >= 0.3 is 0 Å². The van der Waals surface area contributed by atoms with Crippen LogP contribution in [0.4, 0.5) is 0 Å². The van der Waals surface area contributed by atoms with Crippen molar-refractivity contribution < 1.29 is 9.90 Å². The standard InChI is InChI=1S/C13H17N3O2/c1-8-4-5-10-9(6-8)11(16-15-10)12(18)14-13(2,3)7-17/h4-6,17H,7H2,1-3H3,(H,14,18)(H,15,16). The molecule has 2 rings (SSSR count). The van der Waals surface area contributed by atoms with Gasteiger partial charge in [0, 0.05) is 5.39 Å². The molecule has 1 aromatic carbocycles. The van der Waals surface area contributed by atoms with Crippen molar-refractivity contribution >= 4 is 16.8 Å². The van der Waals surface area contributed by atoms with Crippen LogP contribution >= 0.6 is 0 Å². The van der Waals surface area contributed by atoms with E-state index in [0.29, 0.717) is 5.69 Å². The number of carbonyl (C=O) groups is 1. The molecule has 1 amide bonds. The van der Waals surface area contributed by atoms with E-state index in [-0.39, 0.29) is 12.5 Å². The van der Waals surface area contributed by atoms with Gasteiger partial charge < -0.3 is 10.4 Å². The summed E-state index contributed by atoms with van der Waals surface area (Å²) in [6.07, 6.45) is 0. The van der Waals surface area contributed by atoms with E-state index >= 15 is 0 Å². The van der Waals surface area contributed by atoms with Gasteiger partial charge in [0.05, 0.1) is 17.7 Å². The van der Waals surface area contributed by atoms with Crippen molar-refractivity contribution in [3.05, 3.63) is 29.5 Å². The fourth-order valence-electron chi connectivity index (χ4n) is 1.71. The van der Waals surface area contributed by atoms with Crippen molar-refractivity contribution in [2.75, 3.05) is 6.61 Å². The Labute approximate surface area is 105 Å². The topological polar surface area (TPSA) is 78.0 Å². The third-order valence-electron chi connectivity index (χ3n) is 2.78. The first kappa shape index (κ1) is 12.6. The van der Waals surface area contributed by atoms with E-state index in [1.165, 1.54) is 0 Å². The van der Waals surface area contributed by atoms with Gasteiger partial charge in [-0.15, -0.1) is 0 Å². The lowest BCUT2D eigenvalue weighted by Gasteiger charge is -2.22. The fourth-order valence-corrected chi connectivity index (χ4v) is 1.71. The number of aromatic nitrogens is 2. The molecule has 5 nitrogen and oxygen atoms in total. The van der Waals surface area contributed by atoms with E-state index < -0.39 is 5.54 Å². The Morgan fingerprint density at radius 1 is 1.50 bits per heavy atom. The molecule has 0 unspecified atom stereocenters. The molecule has 0 aliphatic carbocycles. The van der Waals surface area contributed by atoms with Gasteiger partial charge in [-0.2, -0.15) is 5.10 Å². The minimum Gasteiger partial charge on any atom is -0.394 e. The largest absolute Gasteiger partial charge is 0.394 e. The highest BCUT2D eigenvalue weighted by molar-refractivity contribution is 6.05. The first-order valence-electron chi connectivity index (χ1n) is 5.81. The van der Waals surface area contributed by atoms with E-state index in [1.807, 2.05) is 25.1 Å². The number of hydrogen-bond donors (Lipinski definition) is 3. The van der Waals surface area contributed by atoms with E-state index in [0.717, 1.165) is 16.5 Å². The van der Waals surface area contributed by atoms with Crippen molar-refractivity contribution in [2.45, 2.75) is 26.3 Å². The summed E-state index contributed by atoms with van der Waals surface area (Å²) in [6, 6.07) is 5.77. The zero-order valence-electron chi connectivity index (χ0n) is 10.7. The number of amides is 1. The molecule has 0 bridgehead atoms. The number of aliphatic hydroxyl groups excluding tert-OH is 1. The number of nitrogens with one attached hydrogen (secondary N) is 2. The maximum atomic E-state index is 12.1. The average Bonchev–Trinajstić information content (AvgIpc) is 2.71. The van der Waals surface area contributed by atoms with Crippen LogP contribution in [0.15, 0.2) is 18.2 Å². The Kier molecular flexibility index (Phi) is 3.09. The summed E-state index contributed by atoms with van der Waals surface area (Å²) in [4.78, 5) is 12.1. The van der Waals surface area contributed by atoms with Gasteiger partial charge in [-0.3, -0.25) is 9.89 Å². The maximum Gasteiger partial charge on any atom is 0.272 e. The van der Waals surface area contributed by atoms with Crippen molar-refractivity contribution in [2.24, 2.45) is 0 Å². The summed E-state index contributed by atoms with van der Waals surface area (Å²) in [5.74, 6) is -0.286. The predicted molar refractivity (Wildman–Crippen MR) is 69.5 cm³/mol. The normalized spacial score (nSPS) is 11.8. The second-order valence-electron chi connectivity index (χ2n) is 5.12. The van der Waals surface area contributed by atoms with Crippen molar-refractivity contribution in [1.29, 1.82) is 0 Å². The van der Waals surface area contributed by atoms with Crippen molar-refractivity contribution in [1.82, 2.24) is 15.5 Å². The molecule has 2 aromatic rings. The summed E-state index contributed by atoms with van der Waals surface area (Å²) in [6.45, 7) is 5.35. The van der Waals surface area contributed by atoms with Crippen LogP contribution in [0, 0.1) is 6.92 Å². The van der Waals surface area contributed by atoms with Crippen LogP contribution in [-0.4, -0.2) is 33.4 Å². The number of benzene rings is 1. The minimum absolute atomic E-state index is 0.125. The number of aliphatic hydroxyl groups is 1. The van der Waals surface area contributed by atoms with E-state index in [1.54, 1.807) is 13.8 Å². The molecule has 0 atom stereocenters. The lowest BCUT2D eigenvalue weighted by Crippen LogP contribution is -2.46. The predicted octanol–water partition coefficient (Wildman–Crippen LogP) is 1.37. The molecule has 0 radical (unpaired) electrons. The Hall–Kier alpha value is -1.88. The third kappa shape index (κ3) is 2.36. The van der Waals surface area contributed by atoms with Crippen molar-refractivity contribution in [3.63, 3.8) is 0 Å². The lowest BCUT2D eigenvalue weighted by molar-refractivity contribution is 0.0866. The quantitative estimate of drug-likeness (QED) is 0.766. The number of nitrogens with zero attached hydrogens (tertiary/aromatic N) is 1. The van der Waals surface area contributed by atoms with Gasteiger partial charge in [0.15, 0.2) is 5.69 Å². The number of carbonyl (C=O) groups excluding carboxylic acids is 1. The SMILES string of the molecule is Cc1ccc2[nH]nc(C(=O)NC(C)(C)CO)c2c1. The highest BCUT2D eigenvalue weighted by atomic mass is 16.3. The number of hydrogen-bond acceptors (Lipinski definition) is 3. The third-order valence-corrected chi connectivity index (χ3v) is 2.78. The number of aromatic amines is 1. The van der Waals surface area contributed by atoms with Crippen LogP contribution in [-0.2, 0) is 0 Å². The monoisotopic (exact) mass is 247 g/mol. The zero-order chi connectivity index (χ0) is 13.3. The number of rotatable bonds is 3. The van der Waals surface area contributed by atoms with Gasteiger partial charge in [-0.25, -0.2) is 0 Å². The van der Waals surface area contributed by atoms with Gasteiger partial charge in [0.1, 0.15) is 0 Å². The molecule has 0 saturated heterocycles. The highest BCUT2D eigenvalue weighted by Gasteiger charge is 2.22. The molecule has 3 N–H and O–H groups in total. The number of H-pyrrole nitrogens is 1. The molecule has 1 aromatic heterocycles. The lowest BCUT2D eigenvalue weighted by atomic mass is 10.1. The minimum atomic E-state index is -0.661. The smallest absolute Gasteiger partial charge is 0.272 e. The van der Waals surface area contributed by atoms with E-state index in [2.05, 4.69) is 15.5 Å². The molecular formula is C13H17N3O2. The summed E-state index contributed by atoms with van der Waals surface area (Å²) in [5.41, 5.74) is 1.59. The zero-order valence-corrected chi connectivity index (χ0v) is 10.7. The van der Waals surface area contributed by atoms with E-state index in [9.17, 15) is 4.79 Å². The molecule has 0 aliphatic heterocycles. The molecule has 0 aliphatic rings. The summed E-state index contributed by atoms with van der Waals surface area (Å²) in [5, 5.41) is 19.6. The molecule has 96 valence electrons. The second kappa shape index (κ2) is 4.42. The Balaban J connectivity index is 2.36. The van der Waals surface area contributed by atoms with Crippen LogP contribution in [0.1, 0.15) is 29.9 Å². The molecule has 0 fully saturated rings. The first-order valence-corrected chi connectivity index (χ1v) is 5.81. The van der Waals surface area contributed by atoms with Crippen LogP contribution in [0.3, 0.4) is 0 Å². The van der Waals surface area contributed by atoms with Gasteiger partial charge in [-0.05, 0) is 32.9 Å². The summed E-state index contributed by atoms with van der Waals surface area (Å²) in [7, 11) is 0. The molecule has 0 saturated carbocycles. The van der Waals surface area contributed by atoms with Gasteiger partial charge in [0.25, 0.3) is 5.91 Å². The summed E-state index contributed by atoms with van der Waals surface area (Å²) < 4.78 is 0. The Morgan fingerprint density at radius 3 is 2.89 bits per heavy atom. The number of fused-ring (bicyclic) bond motifs is 1. The van der Waals surface area contributed by atoms with Crippen LogP contribution < -0.4 is 5.32 Å². The molecule has 1 heterocycles. The average molecular weight is 247 g/mol. The number of aryl methyl sites for hydroxylation is 1. The molecule has 5 heteroatoms. The fraction of sp³-hybridized carbons (Fsp3) is 0.385. The van der Waals surface area contributed by atoms with Crippen LogP contribution in [0.2, 0.25) is 0 Å². The van der Waals surface area contributed by atoms with Crippen molar-refractivity contribution in [3.8, 4) is 0 Å². The Morgan fingerprint density at radius 2 is 2.22 bits per heavy atom. The molecular weight excluding hydrogens is 230 g/mol. The first-order chi connectivity index (χ1) is 8.43.